The standard InChI is InChI=1S/C15H19N5O3/c1-19-5-4-13(18-19)15(22)20-6-7-23-12(9-20)3-2-11-8-14(21)17-10-16-11/h4-5,8,10,12H,2-3,6-7,9H2,1H3,(H,16,17,21)/t12-/m0/s1. The number of nitrogens with zero attached hydrogens (tertiary/aromatic N) is 4. The minimum Gasteiger partial charge on any atom is -0.375 e. The van der Waals surface area contributed by atoms with E-state index in [1.165, 1.54) is 12.4 Å². The number of ether oxygens (including phenoxy) is 1. The van der Waals surface area contributed by atoms with Gasteiger partial charge in [-0.2, -0.15) is 5.10 Å². The van der Waals surface area contributed by atoms with Gasteiger partial charge in [-0.3, -0.25) is 14.3 Å². The Morgan fingerprint density at radius 3 is 3.13 bits per heavy atom. The number of hydrogen-bond acceptors (Lipinski definition) is 5. The van der Waals surface area contributed by atoms with Crippen molar-refractivity contribution >= 4 is 5.91 Å². The predicted octanol–water partition coefficient (Wildman–Crippen LogP) is -0.0228. The van der Waals surface area contributed by atoms with Gasteiger partial charge in [-0.05, 0) is 18.9 Å². The number of nitrogens with one attached hydrogen (secondary N) is 1. The molecule has 1 atom stereocenters. The maximum Gasteiger partial charge on any atom is 0.274 e. The zero-order chi connectivity index (χ0) is 16.2. The van der Waals surface area contributed by atoms with E-state index < -0.39 is 0 Å². The van der Waals surface area contributed by atoms with E-state index in [1.54, 1.807) is 28.9 Å². The first-order valence-corrected chi connectivity index (χ1v) is 7.56. The first-order chi connectivity index (χ1) is 11.1. The number of morpholine rings is 1. The zero-order valence-corrected chi connectivity index (χ0v) is 12.9. The highest BCUT2D eigenvalue weighted by Gasteiger charge is 2.26. The van der Waals surface area contributed by atoms with Crippen LogP contribution in [0.1, 0.15) is 22.6 Å². The van der Waals surface area contributed by atoms with Gasteiger partial charge in [0.1, 0.15) is 5.69 Å². The zero-order valence-electron chi connectivity index (χ0n) is 12.9. The number of amides is 1. The summed E-state index contributed by atoms with van der Waals surface area (Å²) in [5, 5.41) is 4.15. The number of aromatic amines is 1. The molecule has 0 spiro atoms. The Hall–Kier alpha value is -2.48. The molecule has 1 N–H and O–H groups in total. The predicted molar refractivity (Wildman–Crippen MR) is 82.0 cm³/mol. The van der Waals surface area contributed by atoms with Gasteiger partial charge in [0.25, 0.3) is 11.5 Å². The van der Waals surface area contributed by atoms with Crippen LogP contribution in [0, 0.1) is 0 Å². The molecule has 0 saturated carbocycles. The maximum atomic E-state index is 12.4. The van der Waals surface area contributed by atoms with Crippen molar-refractivity contribution in [2.24, 2.45) is 7.05 Å². The van der Waals surface area contributed by atoms with E-state index in [4.69, 9.17) is 4.74 Å². The third-order valence-electron chi connectivity index (χ3n) is 3.82. The monoisotopic (exact) mass is 317 g/mol. The SMILES string of the molecule is Cn1ccc(C(=O)N2CCO[C@@H](CCc3cc(=O)[nH]cn3)C2)n1. The number of carbonyl (C=O) groups excluding carboxylic acids is 1. The first kappa shape index (κ1) is 15.4. The van der Waals surface area contributed by atoms with E-state index in [0.717, 1.165) is 5.69 Å². The van der Waals surface area contributed by atoms with Crippen molar-refractivity contribution in [3.05, 3.63) is 46.4 Å². The Morgan fingerprint density at radius 1 is 1.52 bits per heavy atom. The largest absolute Gasteiger partial charge is 0.375 e. The minimum absolute atomic E-state index is 0.0579. The van der Waals surface area contributed by atoms with Crippen LogP contribution in [0.2, 0.25) is 0 Å². The Bertz CT molecular complexity index is 738. The second-order valence-electron chi connectivity index (χ2n) is 5.56. The molecule has 3 heterocycles. The summed E-state index contributed by atoms with van der Waals surface area (Å²) in [7, 11) is 1.79. The smallest absolute Gasteiger partial charge is 0.274 e. The molecule has 0 aromatic carbocycles. The van der Waals surface area contributed by atoms with Crippen LogP contribution in [0.4, 0.5) is 0 Å². The second-order valence-corrected chi connectivity index (χ2v) is 5.56. The van der Waals surface area contributed by atoms with Crippen molar-refractivity contribution in [3.8, 4) is 0 Å². The molecule has 23 heavy (non-hydrogen) atoms. The van der Waals surface area contributed by atoms with E-state index in [9.17, 15) is 9.59 Å². The fourth-order valence-electron chi connectivity index (χ4n) is 2.62. The molecule has 1 fully saturated rings. The lowest BCUT2D eigenvalue weighted by atomic mass is 10.1. The molecular weight excluding hydrogens is 298 g/mol. The third-order valence-corrected chi connectivity index (χ3v) is 3.82. The molecule has 8 nitrogen and oxygen atoms in total. The van der Waals surface area contributed by atoms with Crippen molar-refractivity contribution in [3.63, 3.8) is 0 Å². The van der Waals surface area contributed by atoms with E-state index in [0.29, 0.717) is 38.2 Å². The molecule has 0 unspecified atom stereocenters. The van der Waals surface area contributed by atoms with Crippen LogP contribution < -0.4 is 5.56 Å². The normalized spacial score (nSPS) is 18.1. The molecule has 1 amide bonds. The molecule has 0 radical (unpaired) electrons. The lowest BCUT2D eigenvalue weighted by Crippen LogP contribution is -2.46. The molecule has 122 valence electrons. The van der Waals surface area contributed by atoms with E-state index in [2.05, 4.69) is 15.1 Å². The van der Waals surface area contributed by atoms with Gasteiger partial charge in [-0.1, -0.05) is 0 Å². The summed E-state index contributed by atoms with van der Waals surface area (Å²) in [5.74, 6) is -0.0758. The van der Waals surface area contributed by atoms with Crippen molar-refractivity contribution in [1.82, 2.24) is 24.6 Å². The highest BCUT2D eigenvalue weighted by atomic mass is 16.5. The highest BCUT2D eigenvalue weighted by molar-refractivity contribution is 5.92. The summed E-state index contributed by atoms with van der Waals surface area (Å²) < 4.78 is 7.33. The van der Waals surface area contributed by atoms with Crippen LogP contribution in [0.5, 0.6) is 0 Å². The number of aromatic nitrogens is 4. The topological polar surface area (TPSA) is 93.1 Å². The number of hydrogen-bond donors (Lipinski definition) is 1. The van der Waals surface area contributed by atoms with Gasteiger partial charge in [0.05, 0.1) is 19.0 Å². The van der Waals surface area contributed by atoms with Crippen LogP contribution in [0.3, 0.4) is 0 Å². The number of aryl methyl sites for hydroxylation is 2. The van der Waals surface area contributed by atoms with Crippen molar-refractivity contribution in [1.29, 1.82) is 0 Å². The summed E-state index contributed by atoms with van der Waals surface area (Å²) >= 11 is 0. The van der Waals surface area contributed by atoms with Crippen molar-refractivity contribution in [2.75, 3.05) is 19.7 Å². The van der Waals surface area contributed by atoms with Gasteiger partial charge in [-0.15, -0.1) is 0 Å². The number of carbonyl (C=O) groups is 1. The van der Waals surface area contributed by atoms with E-state index >= 15 is 0 Å². The summed E-state index contributed by atoms with van der Waals surface area (Å²) in [6.45, 7) is 1.60. The Morgan fingerprint density at radius 2 is 2.39 bits per heavy atom. The Kier molecular flexibility index (Phi) is 4.52. The molecule has 2 aromatic rings. The molecule has 1 aliphatic rings. The summed E-state index contributed by atoms with van der Waals surface area (Å²) in [5.41, 5.74) is 1.02. The van der Waals surface area contributed by atoms with Gasteiger partial charge in [-0.25, -0.2) is 4.98 Å². The fourth-order valence-corrected chi connectivity index (χ4v) is 2.62. The Labute approximate surface area is 133 Å². The lowest BCUT2D eigenvalue weighted by molar-refractivity contribution is -0.0249. The first-order valence-electron chi connectivity index (χ1n) is 7.56. The fraction of sp³-hybridized carbons (Fsp3) is 0.467. The molecule has 8 heteroatoms. The second kappa shape index (κ2) is 6.74. The number of H-pyrrole nitrogens is 1. The summed E-state index contributed by atoms with van der Waals surface area (Å²) in [4.78, 5) is 32.0. The van der Waals surface area contributed by atoms with Crippen LogP contribution >= 0.6 is 0 Å². The van der Waals surface area contributed by atoms with E-state index in [1.807, 2.05) is 0 Å². The van der Waals surface area contributed by atoms with Gasteiger partial charge in [0.2, 0.25) is 0 Å². The van der Waals surface area contributed by atoms with Gasteiger partial charge in [0.15, 0.2) is 0 Å². The molecule has 1 aliphatic heterocycles. The lowest BCUT2D eigenvalue weighted by Gasteiger charge is -2.32. The molecule has 0 bridgehead atoms. The van der Waals surface area contributed by atoms with Crippen LogP contribution in [-0.2, 0) is 18.2 Å². The molecule has 2 aromatic heterocycles. The molecule has 3 rings (SSSR count). The van der Waals surface area contributed by atoms with Crippen molar-refractivity contribution < 1.29 is 9.53 Å². The minimum atomic E-state index is -0.161. The maximum absolute atomic E-state index is 12.4. The molecular formula is C15H19N5O3. The third kappa shape index (κ3) is 3.84. The molecule has 0 aliphatic carbocycles. The van der Waals surface area contributed by atoms with Gasteiger partial charge >= 0.3 is 0 Å². The summed E-state index contributed by atoms with van der Waals surface area (Å²) in [6, 6.07) is 3.20. The van der Waals surface area contributed by atoms with Crippen molar-refractivity contribution in [2.45, 2.75) is 18.9 Å². The quantitative estimate of drug-likeness (QED) is 0.855. The average molecular weight is 317 g/mol. The van der Waals surface area contributed by atoms with Crippen LogP contribution in [0.25, 0.3) is 0 Å². The Balaban J connectivity index is 1.57. The highest BCUT2D eigenvalue weighted by Crippen LogP contribution is 2.13. The van der Waals surface area contributed by atoms with Gasteiger partial charge in [0, 0.05) is 38.1 Å². The summed E-state index contributed by atoms with van der Waals surface area (Å²) in [6.07, 6.45) is 4.44. The number of rotatable bonds is 4. The van der Waals surface area contributed by atoms with Gasteiger partial charge < -0.3 is 14.6 Å². The average Bonchev–Trinajstić information content (AvgIpc) is 2.99. The van der Waals surface area contributed by atoms with Crippen LogP contribution in [-0.4, -0.2) is 56.4 Å². The molecule has 1 saturated heterocycles. The van der Waals surface area contributed by atoms with E-state index in [-0.39, 0.29) is 17.6 Å². The van der Waals surface area contributed by atoms with Crippen LogP contribution in [0.15, 0.2) is 29.5 Å².